The predicted octanol–water partition coefficient (Wildman–Crippen LogP) is -0.310. The maximum atomic E-state index is 12.5. The molecule has 2 atom stereocenters. The summed E-state index contributed by atoms with van der Waals surface area (Å²) in [6, 6.07) is -1.36. The fourth-order valence-corrected chi connectivity index (χ4v) is 2.21. The lowest BCUT2D eigenvalue weighted by Gasteiger charge is -2.29. The summed E-state index contributed by atoms with van der Waals surface area (Å²) in [5, 5.41) is 9.23. The third kappa shape index (κ3) is 4.07. The second-order valence-corrected chi connectivity index (χ2v) is 5.18. The Morgan fingerprint density at radius 2 is 1.95 bits per heavy atom. The first-order valence-electron chi connectivity index (χ1n) is 6.83. The summed E-state index contributed by atoms with van der Waals surface area (Å²) in [6.07, 6.45) is -0.0326. The van der Waals surface area contributed by atoms with Crippen LogP contribution in [-0.2, 0) is 14.3 Å². The van der Waals surface area contributed by atoms with Gasteiger partial charge in [-0.3, -0.25) is 4.79 Å². The number of ether oxygens (including phenoxy) is 1. The minimum absolute atomic E-state index is 0.0666. The van der Waals surface area contributed by atoms with Crippen molar-refractivity contribution in [1.82, 2.24) is 14.7 Å². The quantitative estimate of drug-likeness (QED) is 0.752. The van der Waals surface area contributed by atoms with Gasteiger partial charge in [0.05, 0.1) is 6.10 Å². The van der Waals surface area contributed by atoms with E-state index in [1.807, 2.05) is 0 Å². The average Bonchev–Trinajstić information content (AvgIpc) is 2.87. The topological polar surface area (TPSA) is 90.4 Å². The first-order chi connectivity index (χ1) is 9.81. The fraction of sp³-hybridized carbons (Fsp3) is 0.769. The summed E-state index contributed by atoms with van der Waals surface area (Å²) in [5.41, 5.74) is 0. The molecule has 0 aromatic heterocycles. The molecule has 0 spiro atoms. The zero-order valence-electron chi connectivity index (χ0n) is 12.9. The Bertz CT molecular complexity index is 413. The highest BCUT2D eigenvalue weighted by Crippen LogP contribution is 2.21. The van der Waals surface area contributed by atoms with Crippen LogP contribution in [0.1, 0.15) is 13.3 Å². The van der Waals surface area contributed by atoms with Crippen LogP contribution in [0.3, 0.4) is 0 Å². The maximum Gasteiger partial charge on any atom is 0.326 e. The second kappa shape index (κ2) is 7.26. The first-order valence-corrected chi connectivity index (χ1v) is 6.83. The van der Waals surface area contributed by atoms with Gasteiger partial charge in [-0.25, -0.2) is 9.59 Å². The molecule has 1 rings (SSSR count). The van der Waals surface area contributed by atoms with Gasteiger partial charge in [-0.15, -0.1) is 0 Å². The summed E-state index contributed by atoms with van der Waals surface area (Å²) >= 11 is 0. The van der Waals surface area contributed by atoms with E-state index < -0.39 is 18.0 Å². The number of methoxy groups -OCH3 is 1. The van der Waals surface area contributed by atoms with Crippen LogP contribution in [-0.4, -0.2) is 90.7 Å². The zero-order chi connectivity index (χ0) is 16.2. The van der Waals surface area contributed by atoms with Gasteiger partial charge in [-0.2, -0.15) is 0 Å². The number of nitrogens with zero attached hydrogens (tertiary/aromatic N) is 3. The van der Waals surface area contributed by atoms with Gasteiger partial charge in [0.1, 0.15) is 12.6 Å². The SMILES string of the molecule is CCN(CC(=O)N(C)C)C(=O)N1CC(OC)CC1C(=O)O. The lowest BCUT2D eigenvalue weighted by molar-refractivity contribution is -0.141. The van der Waals surface area contributed by atoms with Crippen molar-refractivity contribution < 1.29 is 24.2 Å². The highest BCUT2D eigenvalue weighted by atomic mass is 16.5. The minimum atomic E-state index is -1.06. The number of carboxylic acids is 1. The standard InChI is InChI=1S/C13H23N3O5/c1-5-15(8-11(17)14(2)3)13(20)16-7-9(21-4)6-10(16)12(18)19/h9-10H,5-8H2,1-4H3,(H,18,19). The number of carboxylic acid groups (broad SMARTS) is 1. The van der Waals surface area contributed by atoms with Crippen LogP contribution in [0.5, 0.6) is 0 Å². The molecule has 1 aliphatic rings. The van der Waals surface area contributed by atoms with Gasteiger partial charge in [0.25, 0.3) is 0 Å². The molecule has 21 heavy (non-hydrogen) atoms. The predicted molar refractivity (Wildman–Crippen MR) is 74.9 cm³/mol. The Morgan fingerprint density at radius 1 is 1.33 bits per heavy atom. The van der Waals surface area contributed by atoms with E-state index in [1.54, 1.807) is 21.0 Å². The molecule has 8 nitrogen and oxygen atoms in total. The lowest BCUT2D eigenvalue weighted by atomic mass is 10.2. The summed E-state index contributed by atoms with van der Waals surface area (Å²) < 4.78 is 5.15. The van der Waals surface area contributed by atoms with Gasteiger partial charge in [0.2, 0.25) is 5.91 Å². The molecule has 1 aliphatic heterocycles. The number of hydrogen-bond donors (Lipinski definition) is 1. The van der Waals surface area contributed by atoms with Crippen LogP contribution < -0.4 is 0 Å². The Kier molecular flexibility index (Phi) is 5.95. The molecule has 1 fully saturated rings. The summed E-state index contributed by atoms with van der Waals surface area (Å²) in [6.45, 7) is 2.24. The van der Waals surface area contributed by atoms with Gasteiger partial charge in [0, 0.05) is 40.7 Å². The molecule has 0 aliphatic carbocycles. The van der Waals surface area contributed by atoms with Crippen molar-refractivity contribution >= 4 is 17.9 Å². The monoisotopic (exact) mass is 301 g/mol. The molecule has 2 unspecified atom stereocenters. The van der Waals surface area contributed by atoms with Crippen LogP contribution in [0, 0.1) is 0 Å². The molecule has 3 amide bonds. The number of carbonyl (C=O) groups excluding carboxylic acids is 2. The van der Waals surface area contributed by atoms with E-state index in [4.69, 9.17) is 4.74 Å². The molecule has 0 bridgehead atoms. The Labute approximate surface area is 124 Å². The van der Waals surface area contributed by atoms with Crippen molar-refractivity contribution in [3.63, 3.8) is 0 Å². The number of urea groups is 1. The molecule has 1 N–H and O–H groups in total. The van der Waals surface area contributed by atoms with Crippen molar-refractivity contribution in [3.05, 3.63) is 0 Å². The van der Waals surface area contributed by atoms with Gasteiger partial charge >= 0.3 is 12.0 Å². The van der Waals surface area contributed by atoms with Crippen molar-refractivity contribution in [2.45, 2.75) is 25.5 Å². The summed E-state index contributed by atoms with van der Waals surface area (Å²) in [5.74, 6) is -1.27. The molecule has 120 valence electrons. The Hall–Kier alpha value is -1.83. The maximum absolute atomic E-state index is 12.5. The summed E-state index contributed by atoms with van der Waals surface area (Å²) in [7, 11) is 4.71. The number of amides is 3. The van der Waals surface area contributed by atoms with Crippen LogP contribution in [0.25, 0.3) is 0 Å². The zero-order valence-corrected chi connectivity index (χ0v) is 12.9. The molecular formula is C13H23N3O5. The third-order valence-corrected chi connectivity index (χ3v) is 3.60. The molecule has 1 saturated heterocycles. The van der Waals surface area contributed by atoms with E-state index in [9.17, 15) is 19.5 Å². The molecule has 0 saturated carbocycles. The van der Waals surface area contributed by atoms with E-state index in [0.717, 1.165) is 0 Å². The lowest BCUT2D eigenvalue weighted by Crippen LogP contribution is -2.50. The largest absolute Gasteiger partial charge is 0.480 e. The summed E-state index contributed by atoms with van der Waals surface area (Å²) in [4.78, 5) is 39.5. The molecular weight excluding hydrogens is 278 g/mol. The molecule has 1 heterocycles. The van der Waals surface area contributed by atoms with E-state index in [2.05, 4.69) is 0 Å². The normalized spacial score (nSPS) is 21.2. The van der Waals surface area contributed by atoms with Gasteiger partial charge in [-0.05, 0) is 6.92 Å². The third-order valence-electron chi connectivity index (χ3n) is 3.60. The molecule has 8 heteroatoms. The smallest absolute Gasteiger partial charge is 0.326 e. The first kappa shape index (κ1) is 17.2. The highest BCUT2D eigenvalue weighted by Gasteiger charge is 2.41. The van der Waals surface area contributed by atoms with Crippen LogP contribution in [0.15, 0.2) is 0 Å². The van der Waals surface area contributed by atoms with Crippen molar-refractivity contribution in [3.8, 4) is 0 Å². The van der Waals surface area contributed by atoms with Crippen LogP contribution in [0.4, 0.5) is 4.79 Å². The number of hydrogen-bond acceptors (Lipinski definition) is 4. The average molecular weight is 301 g/mol. The van der Waals surface area contributed by atoms with Gasteiger partial charge in [-0.1, -0.05) is 0 Å². The Morgan fingerprint density at radius 3 is 2.38 bits per heavy atom. The van der Waals surface area contributed by atoms with Crippen molar-refractivity contribution in [2.24, 2.45) is 0 Å². The second-order valence-electron chi connectivity index (χ2n) is 5.18. The number of carbonyl (C=O) groups is 3. The minimum Gasteiger partial charge on any atom is -0.480 e. The van der Waals surface area contributed by atoms with Gasteiger partial charge in [0.15, 0.2) is 0 Å². The van der Waals surface area contributed by atoms with E-state index >= 15 is 0 Å². The Balaban J connectivity index is 2.82. The molecule has 0 aromatic rings. The number of likely N-dealkylation sites (tertiary alicyclic amines) is 1. The molecule has 0 radical (unpaired) electrons. The highest BCUT2D eigenvalue weighted by molar-refractivity contribution is 5.87. The number of aliphatic carboxylic acids is 1. The molecule has 0 aromatic carbocycles. The van der Waals surface area contributed by atoms with Crippen molar-refractivity contribution in [2.75, 3.05) is 40.8 Å². The van der Waals surface area contributed by atoms with Crippen LogP contribution in [0.2, 0.25) is 0 Å². The van der Waals surface area contributed by atoms with E-state index in [1.165, 1.54) is 21.8 Å². The number of rotatable bonds is 5. The number of likely N-dealkylation sites (N-methyl/N-ethyl adjacent to an activating group) is 2. The fourth-order valence-electron chi connectivity index (χ4n) is 2.21. The van der Waals surface area contributed by atoms with E-state index in [0.29, 0.717) is 6.54 Å². The van der Waals surface area contributed by atoms with Crippen LogP contribution >= 0.6 is 0 Å². The van der Waals surface area contributed by atoms with E-state index in [-0.39, 0.29) is 31.5 Å². The van der Waals surface area contributed by atoms with Crippen molar-refractivity contribution in [1.29, 1.82) is 0 Å². The van der Waals surface area contributed by atoms with Gasteiger partial charge < -0.3 is 24.5 Å².